The van der Waals surface area contributed by atoms with E-state index in [1.165, 1.54) is 34.0 Å². The van der Waals surface area contributed by atoms with Gasteiger partial charge in [0.15, 0.2) is 10.9 Å². The SMILES string of the molecule is O=C(Nc1nccs1)c1ccc(S(=O)(=O)N(Cc2ccco2)C2CC2)o1. The third-order valence-corrected chi connectivity index (χ3v) is 6.33. The highest BCUT2D eigenvalue weighted by atomic mass is 32.2. The number of hydrogen-bond acceptors (Lipinski definition) is 7. The monoisotopic (exact) mass is 393 g/mol. The van der Waals surface area contributed by atoms with Gasteiger partial charge in [0.1, 0.15) is 5.76 Å². The zero-order valence-corrected chi connectivity index (χ0v) is 15.1. The molecule has 0 bridgehead atoms. The summed E-state index contributed by atoms with van der Waals surface area (Å²) in [5.74, 6) is -0.0910. The molecule has 1 aliphatic rings. The van der Waals surface area contributed by atoms with E-state index in [1.54, 1.807) is 23.7 Å². The first-order valence-electron chi connectivity index (χ1n) is 7.89. The molecule has 0 unspecified atom stereocenters. The summed E-state index contributed by atoms with van der Waals surface area (Å²) in [6.07, 6.45) is 4.64. The van der Waals surface area contributed by atoms with Gasteiger partial charge < -0.3 is 8.83 Å². The van der Waals surface area contributed by atoms with Crippen LogP contribution in [0.2, 0.25) is 0 Å². The number of nitrogens with zero attached hydrogens (tertiary/aromatic N) is 2. The van der Waals surface area contributed by atoms with Gasteiger partial charge in [0, 0.05) is 17.6 Å². The van der Waals surface area contributed by atoms with Gasteiger partial charge >= 0.3 is 0 Å². The predicted octanol–water partition coefficient (Wildman–Crippen LogP) is 2.93. The number of rotatable bonds is 7. The van der Waals surface area contributed by atoms with Crippen molar-refractivity contribution in [2.45, 2.75) is 30.5 Å². The number of thiazole rings is 1. The van der Waals surface area contributed by atoms with Crippen molar-refractivity contribution < 1.29 is 22.0 Å². The lowest BCUT2D eigenvalue weighted by Gasteiger charge is -2.19. The maximum Gasteiger partial charge on any atom is 0.293 e. The van der Waals surface area contributed by atoms with Gasteiger partial charge in [0.2, 0.25) is 5.09 Å². The number of furan rings is 2. The van der Waals surface area contributed by atoms with E-state index in [4.69, 9.17) is 8.83 Å². The van der Waals surface area contributed by atoms with Gasteiger partial charge in [0.05, 0.1) is 12.8 Å². The second-order valence-corrected chi connectivity index (χ2v) is 8.49. The van der Waals surface area contributed by atoms with E-state index < -0.39 is 15.9 Å². The fourth-order valence-electron chi connectivity index (χ4n) is 2.47. The fraction of sp³-hybridized carbons (Fsp3) is 0.250. The lowest BCUT2D eigenvalue weighted by Crippen LogP contribution is -2.32. The van der Waals surface area contributed by atoms with Gasteiger partial charge in [0.25, 0.3) is 15.9 Å². The van der Waals surface area contributed by atoms with Crippen LogP contribution in [0, 0.1) is 0 Å². The third kappa shape index (κ3) is 3.43. The second kappa shape index (κ2) is 6.71. The summed E-state index contributed by atoms with van der Waals surface area (Å²) in [5, 5.41) is 4.42. The summed E-state index contributed by atoms with van der Waals surface area (Å²) in [5.41, 5.74) is 0. The molecule has 0 aromatic carbocycles. The summed E-state index contributed by atoms with van der Waals surface area (Å²) in [4.78, 5) is 16.1. The lowest BCUT2D eigenvalue weighted by molar-refractivity contribution is 0.0991. The van der Waals surface area contributed by atoms with Gasteiger partial charge in [-0.25, -0.2) is 13.4 Å². The van der Waals surface area contributed by atoms with Crippen LogP contribution in [0.25, 0.3) is 0 Å². The average molecular weight is 393 g/mol. The van der Waals surface area contributed by atoms with Crippen LogP contribution in [0.3, 0.4) is 0 Å². The van der Waals surface area contributed by atoms with Crippen molar-refractivity contribution in [1.82, 2.24) is 9.29 Å². The first-order chi connectivity index (χ1) is 12.5. The average Bonchev–Trinajstić information content (AvgIpc) is 3.07. The Balaban J connectivity index is 1.55. The highest BCUT2D eigenvalue weighted by Gasteiger charge is 2.40. The number of hydrogen-bond donors (Lipinski definition) is 1. The molecule has 0 atom stereocenters. The first-order valence-corrected chi connectivity index (χ1v) is 10.2. The van der Waals surface area contributed by atoms with Crippen molar-refractivity contribution in [3.63, 3.8) is 0 Å². The van der Waals surface area contributed by atoms with Crippen LogP contribution in [0.1, 0.15) is 29.2 Å². The first kappa shape index (κ1) is 17.0. The van der Waals surface area contributed by atoms with E-state index >= 15 is 0 Å². The molecule has 8 nitrogen and oxygen atoms in total. The zero-order chi connectivity index (χ0) is 18.1. The summed E-state index contributed by atoms with van der Waals surface area (Å²) in [7, 11) is -3.87. The van der Waals surface area contributed by atoms with E-state index in [0.717, 1.165) is 12.8 Å². The number of carbonyl (C=O) groups excluding carboxylic acids is 1. The van der Waals surface area contributed by atoms with E-state index in [9.17, 15) is 13.2 Å². The van der Waals surface area contributed by atoms with E-state index in [2.05, 4.69) is 10.3 Å². The molecule has 1 saturated carbocycles. The molecule has 1 aliphatic carbocycles. The Morgan fingerprint density at radius 2 is 2.19 bits per heavy atom. The fourth-order valence-corrected chi connectivity index (χ4v) is 4.56. The van der Waals surface area contributed by atoms with E-state index in [1.807, 2.05) is 0 Å². The van der Waals surface area contributed by atoms with Crippen LogP contribution in [-0.2, 0) is 16.6 Å². The minimum Gasteiger partial charge on any atom is -0.468 e. The summed E-state index contributed by atoms with van der Waals surface area (Å²) >= 11 is 1.26. The lowest BCUT2D eigenvalue weighted by atomic mass is 10.4. The number of sulfonamides is 1. The topological polar surface area (TPSA) is 106 Å². The minimum atomic E-state index is -3.87. The van der Waals surface area contributed by atoms with Gasteiger partial charge in [-0.3, -0.25) is 10.1 Å². The number of carbonyl (C=O) groups is 1. The van der Waals surface area contributed by atoms with Crippen LogP contribution in [0.5, 0.6) is 0 Å². The van der Waals surface area contributed by atoms with Gasteiger partial charge in [-0.1, -0.05) is 0 Å². The van der Waals surface area contributed by atoms with Crippen molar-refractivity contribution in [3.05, 3.63) is 53.6 Å². The number of amides is 1. The van der Waals surface area contributed by atoms with Crippen LogP contribution < -0.4 is 5.32 Å². The largest absolute Gasteiger partial charge is 0.468 e. The van der Waals surface area contributed by atoms with E-state index in [-0.39, 0.29) is 23.4 Å². The Labute approximate surface area is 153 Å². The molecular weight excluding hydrogens is 378 g/mol. The smallest absolute Gasteiger partial charge is 0.293 e. The van der Waals surface area contributed by atoms with Crippen molar-refractivity contribution in [3.8, 4) is 0 Å². The Morgan fingerprint density at radius 3 is 2.85 bits per heavy atom. The van der Waals surface area contributed by atoms with Gasteiger partial charge in [-0.05, 0) is 37.1 Å². The molecule has 0 aliphatic heterocycles. The molecule has 0 radical (unpaired) electrons. The molecule has 1 amide bonds. The molecule has 3 aromatic rings. The normalized spacial score (nSPS) is 14.7. The summed E-state index contributed by atoms with van der Waals surface area (Å²) in [6.45, 7) is 0.126. The second-order valence-electron chi connectivity index (χ2n) is 5.77. The third-order valence-electron chi connectivity index (χ3n) is 3.87. The van der Waals surface area contributed by atoms with Gasteiger partial charge in [-0.15, -0.1) is 11.3 Å². The Hall–Kier alpha value is -2.43. The highest BCUT2D eigenvalue weighted by Crippen LogP contribution is 2.34. The van der Waals surface area contributed by atoms with Crippen molar-refractivity contribution >= 4 is 32.4 Å². The molecule has 4 rings (SSSR count). The molecule has 0 spiro atoms. The molecule has 3 aromatic heterocycles. The van der Waals surface area contributed by atoms with Crippen LogP contribution in [0.15, 0.2) is 56.0 Å². The van der Waals surface area contributed by atoms with Gasteiger partial charge in [-0.2, -0.15) is 4.31 Å². The molecule has 1 N–H and O–H groups in total. The summed E-state index contributed by atoms with van der Waals surface area (Å²) < 4.78 is 37.8. The maximum atomic E-state index is 12.9. The van der Waals surface area contributed by atoms with E-state index in [0.29, 0.717) is 10.9 Å². The molecule has 3 heterocycles. The zero-order valence-electron chi connectivity index (χ0n) is 13.5. The van der Waals surface area contributed by atoms with Crippen LogP contribution in [-0.4, -0.2) is 29.7 Å². The number of anilines is 1. The standard InChI is InChI=1S/C16H15N3O5S2/c20-15(18-16-17-7-9-25-16)13-5-6-14(24-13)26(21,22)19(11-3-4-11)10-12-2-1-8-23-12/h1-2,5-9,11H,3-4,10H2,(H,17,18,20). The Kier molecular flexibility index (Phi) is 4.39. The van der Waals surface area contributed by atoms with Crippen LogP contribution >= 0.6 is 11.3 Å². The Bertz CT molecular complexity index is 989. The quantitative estimate of drug-likeness (QED) is 0.662. The maximum absolute atomic E-state index is 12.9. The highest BCUT2D eigenvalue weighted by molar-refractivity contribution is 7.89. The van der Waals surface area contributed by atoms with Crippen LogP contribution in [0.4, 0.5) is 5.13 Å². The molecule has 10 heteroatoms. The number of aromatic nitrogens is 1. The molecule has 26 heavy (non-hydrogen) atoms. The molecular formula is C16H15N3O5S2. The summed E-state index contributed by atoms with van der Waals surface area (Å²) in [6, 6.07) is 5.99. The minimum absolute atomic E-state index is 0.0807. The molecule has 1 fully saturated rings. The van der Waals surface area contributed by atoms with Crippen molar-refractivity contribution in [1.29, 1.82) is 0 Å². The Morgan fingerprint density at radius 1 is 1.35 bits per heavy atom. The number of nitrogens with one attached hydrogen (secondary N) is 1. The van der Waals surface area contributed by atoms with Crippen molar-refractivity contribution in [2.75, 3.05) is 5.32 Å². The van der Waals surface area contributed by atoms with Crippen molar-refractivity contribution in [2.24, 2.45) is 0 Å². The predicted molar refractivity (Wildman–Crippen MR) is 93.2 cm³/mol. The molecule has 136 valence electrons. The molecule has 0 saturated heterocycles.